The second-order valence-electron chi connectivity index (χ2n) is 11.0. The van der Waals surface area contributed by atoms with Gasteiger partial charge in [-0.25, -0.2) is 4.98 Å². The molecule has 4 aliphatic rings. The van der Waals surface area contributed by atoms with Crippen LogP contribution in [0.3, 0.4) is 0 Å². The number of fused-ring (bicyclic) bond motifs is 2. The van der Waals surface area contributed by atoms with E-state index < -0.39 is 46.8 Å². The van der Waals surface area contributed by atoms with E-state index >= 15 is 0 Å². The first-order valence-electron chi connectivity index (χ1n) is 14.6. The van der Waals surface area contributed by atoms with Crippen LogP contribution in [-0.2, 0) is 28.8 Å². The third-order valence-corrected chi connectivity index (χ3v) is 10.5. The van der Waals surface area contributed by atoms with E-state index in [1.807, 2.05) is 48.5 Å². The van der Waals surface area contributed by atoms with E-state index in [1.54, 1.807) is 0 Å². The Morgan fingerprint density at radius 2 is 1.07 bits per heavy atom. The maximum atomic E-state index is 13.2. The summed E-state index contributed by atoms with van der Waals surface area (Å²) in [5, 5.41) is 11.3. The summed E-state index contributed by atoms with van der Waals surface area (Å²) in [6.45, 7) is 0. The number of hydrogen-bond donors (Lipinski definition) is 4. The van der Waals surface area contributed by atoms with Gasteiger partial charge in [-0.3, -0.25) is 28.8 Å². The van der Waals surface area contributed by atoms with Crippen molar-refractivity contribution in [2.45, 2.75) is 35.5 Å². The van der Waals surface area contributed by atoms with E-state index in [0.717, 1.165) is 32.6 Å². The highest BCUT2D eigenvalue weighted by Crippen LogP contribution is 2.46. The Labute approximate surface area is 271 Å². The van der Waals surface area contributed by atoms with Crippen molar-refractivity contribution < 1.29 is 28.8 Å². The van der Waals surface area contributed by atoms with Crippen molar-refractivity contribution >= 4 is 81.5 Å². The zero-order chi connectivity index (χ0) is 31.9. The third-order valence-electron chi connectivity index (χ3n) is 8.08. The lowest BCUT2D eigenvalue weighted by molar-refractivity contribution is -0.140. The van der Waals surface area contributed by atoms with Crippen molar-refractivity contribution in [1.82, 2.24) is 4.98 Å². The van der Waals surface area contributed by atoms with E-state index in [9.17, 15) is 28.8 Å². The number of anilines is 4. The lowest BCUT2D eigenvalue weighted by atomic mass is 9.87. The van der Waals surface area contributed by atoms with Crippen molar-refractivity contribution in [2.75, 3.05) is 21.3 Å². The fourth-order valence-corrected chi connectivity index (χ4v) is 7.98. The highest BCUT2D eigenvalue weighted by Gasteiger charge is 2.41. The molecule has 3 aromatic rings. The number of para-hydroxylation sites is 2. The first-order chi connectivity index (χ1) is 22.3. The van der Waals surface area contributed by atoms with E-state index in [2.05, 4.69) is 26.3 Å². The summed E-state index contributed by atoms with van der Waals surface area (Å²) < 4.78 is 0. The number of benzene rings is 2. The molecule has 0 saturated carbocycles. The SMILES string of the molecule is O=C(Nc1cccc(NC(=O)C(=O)C2CCC3=C(Sc4ccccc4N3)C2=O)n1)C(=O)C1CCC2=C(Sc3ccccc3N2)C1=O. The van der Waals surface area contributed by atoms with Crippen LogP contribution >= 0.6 is 23.5 Å². The van der Waals surface area contributed by atoms with Gasteiger partial charge in [0, 0.05) is 21.2 Å². The molecule has 0 bridgehead atoms. The van der Waals surface area contributed by atoms with Crippen LogP contribution in [-0.4, -0.2) is 39.9 Å². The van der Waals surface area contributed by atoms with Gasteiger partial charge in [-0.2, -0.15) is 0 Å². The summed E-state index contributed by atoms with van der Waals surface area (Å²) in [4.78, 5) is 85.2. The van der Waals surface area contributed by atoms with Crippen LogP contribution in [0.4, 0.5) is 23.0 Å². The van der Waals surface area contributed by atoms with Gasteiger partial charge in [-0.05, 0) is 62.1 Å². The Morgan fingerprint density at radius 3 is 1.52 bits per heavy atom. The van der Waals surface area contributed by atoms with Crippen LogP contribution in [0.1, 0.15) is 25.7 Å². The average Bonchev–Trinajstić information content (AvgIpc) is 3.07. The molecule has 3 heterocycles. The summed E-state index contributed by atoms with van der Waals surface area (Å²) in [7, 11) is 0. The number of Topliss-reactive ketones (excluding diaryl/α,β-unsaturated/α-hetero) is 4. The Morgan fingerprint density at radius 1 is 0.630 bits per heavy atom. The summed E-state index contributed by atoms with van der Waals surface area (Å²) in [6.07, 6.45) is 1.24. The minimum absolute atomic E-state index is 0.0544. The van der Waals surface area contributed by atoms with Crippen LogP contribution in [0.2, 0.25) is 0 Å². The molecule has 0 fully saturated rings. The van der Waals surface area contributed by atoms with Crippen LogP contribution in [0.5, 0.6) is 0 Å². The maximum absolute atomic E-state index is 13.2. The van der Waals surface area contributed by atoms with Crippen LogP contribution in [0.15, 0.2) is 97.7 Å². The molecule has 0 spiro atoms. The number of hydrogen-bond acceptors (Lipinski definition) is 11. The topological polar surface area (TPSA) is 163 Å². The van der Waals surface area contributed by atoms with Gasteiger partial charge in [-0.15, -0.1) is 0 Å². The molecule has 2 unspecified atom stereocenters. The van der Waals surface area contributed by atoms with Gasteiger partial charge in [-0.1, -0.05) is 53.9 Å². The number of carbonyl (C=O) groups excluding carboxylic acids is 6. The van der Waals surface area contributed by atoms with Crippen molar-refractivity contribution in [3.05, 3.63) is 87.9 Å². The lowest BCUT2D eigenvalue weighted by Crippen LogP contribution is -2.38. The van der Waals surface area contributed by atoms with Gasteiger partial charge in [0.1, 0.15) is 11.6 Å². The van der Waals surface area contributed by atoms with Crippen LogP contribution in [0.25, 0.3) is 0 Å². The normalized spacial score (nSPS) is 19.8. The average molecular weight is 652 g/mol. The fraction of sp³-hybridized carbons (Fsp3) is 0.182. The van der Waals surface area contributed by atoms with Crippen molar-refractivity contribution in [1.29, 1.82) is 0 Å². The molecule has 11 nitrogen and oxygen atoms in total. The predicted octanol–water partition coefficient (Wildman–Crippen LogP) is 4.91. The minimum Gasteiger partial charge on any atom is -0.357 e. The number of nitrogens with zero attached hydrogens (tertiary/aromatic N) is 1. The van der Waals surface area contributed by atoms with Crippen LogP contribution < -0.4 is 21.3 Å². The number of carbonyl (C=O) groups is 6. The summed E-state index contributed by atoms with van der Waals surface area (Å²) in [5.74, 6) is -6.99. The van der Waals surface area contributed by atoms with Crippen LogP contribution in [0, 0.1) is 11.8 Å². The Hall–Kier alpha value is -5.01. The van der Waals surface area contributed by atoms with Gasteiger partial charge in [0.2, 0.25) is 11.6 Å². The third kappa shape index (κ3) is 5.52. The molecule has 1 aromatic heterocycles. The second kappa shape index (κ2) is 12.1. The van der Waals surface area contributed by atoms with Crippen molar-refractivity contribution in [3.8, 4) is 0 Å². The first kappa shape index (κ1) is 29.7. The Kier molecular flexibility index (Phi) is 7.79. The Bertz CT molecular complexity index is 1820. The number of thioether (sulfide) groups is 2. The molecule has 46 heavy (non-hydrogen) atoms. The standard InChI is InChI=1S/C33H25N5O6S2/c39-26-16(12-14-20-30(26)45-22-8-3-1-6-18(22)34-20)28(41)32(43)37-24-10-5-11-25(36-24)38-33(44)29(42)17-13-15-21-31(27(17)40)46-23-9-4-2-7-19(23)35-21/h1-11,16-17,34-35H,12-15H2,(H2,36,37,38,43,44). The molecule has 2 aromatic carbocycles. The molecule has 2 atom stereocenters. The second-order valence-corrected chi connectivity index (χ2v) is 13.1. The number of amides is 2. The highest BCUT2D eigenvalue weighted by atomic mass is 32.2. The zero-order valence-corrected chi connectivity index (χ0v) is 25.7. The predicted molar refractivity (Wildman–Crippen MR) is 173 cm³/mol. The highest BCUT2D eigenvalue weighted by molar-refractivity contribution is 8.04. The van der Waals surface area contributed by atoms with Gasteiger partial charge in [0.15, 0.2) is 11.6 Å². The molecular formula is C33H25N5O6S2. The molecule has 2 aliphatic heterocycles. The molecule has 13 heteroatoms. The summed E-state index contributed by atoms with van der Waals surface area (Å²) in [6, 6.07) is 19.4. The van der Waals surface area contributed by atoms with Gasteiger partial charge >= 0.3 is 0 Å². The quantitative estimate of drug-likeness (QED) is 0.211. The van der Waals surface area contributed by atoms with Crippen molar-refractivity contribution in [3.63, 3.8) is 0 Å². The van der Waals surface area contributed by atoms with Gasteiger partial charge in [0.25, 0.3) is 11.8 Å². The number of allylic oxidation sites excluding steroid dienone is 4. The molecule has 230 valence electrons. The van der Waals surface area contributed by atoms with E-state index in [1.165, 1.54) is 41.7 Å². The molecule has 7 rings (SSSR count). The number of rotatable bonds is 6. The number of ketones is 4. The van der Waals surface area contributed by atoms with Crippen molar-refractivity contribution in [2.24, 2.45) is 11.8 Å². The Balaban J connectivity index is 0.975. The van der Waals surface area contributed by atoms with E-state index in [0.29, 0.717) is 22.7 Å². The minimum atomic E-state index is -1.13. The molecular weight excluding hydrogens is 627 g/mol. The molecule has 2 aliphatic carbocycles. The van der Waals surface area contributed by atoms with E-state index in [-0.39, 0.29) is 24.5 Å². The maximum Gasteiger partial charge on any atom is 0.293 e. The number of pyridine rings is 1. The number of nitrogens with one attached hydrogen (secondary N) is 4. The summed E-state index contributed by atoms with van der Waals surface area (Å²) >= 11 is 2.57. The first-order valence-corrected chi connectivity index (χ1v) is 16.2. The molecule has 4 N–H and O–H groups in total. The largest absolute Gasteiger partial charge is 0.357 e. The molecule has 0 radical (unpaired) electrons. The molecule has 2 amide bonds. The smallest absolute Gasteiger partial charge is 0.293 e. The lowest BCUT2D eigenvalue weighted by Gasteiger charge is -2.29. The zero-order valence-electron chi connectivity index (χ0n) is 24.0. The monoisotopic (exact) mass is 651 g/mol. The summed E-state index contributed by atoms with van der Waals surface area (Å²) in [5.41, 5.74) is 3.27. The van der Waals surface area contributed by atoms with Gasteiger partial charge < -0.3 is 21.3 Å². The van der Waals surface area contributed by atoms with E-state index in [4.69, 9.17) is 0 Å². The number of aromatic nitrogens is 1. The van der Waals surface area contributed by atoms with Gasteiger partial charge in [0.05, 0.1) is 33.0 Å². The molecule has 0 saturated heterocycles. The fourth-order valence-electron chi connectivity index (χ4n) is 5.75.